The summed E-state index contributed by atoms with van der Waals surface area (Å²) in [5, 5.41) is 9.65. The summed E-state index contributed by atoms with van der Waals surface area (Å²) in [7, 11) is 0. The molecule has 3 heterocycles. The average molecular weight is 438 g/mol. The Balaban J connectivity index is 1.22. The van der Waals surface area contributed by atoms with Crippen LogP contribution in [0.3, 0.4) is 0 Å². The Hall–Kier alpha value is -2.38. The van der Waals surface area contributed by atoms with Gasteiger partial charge in [-0.15, -0.1) is 0 Å². The van der Waals surface area contributed by atoms with Crippen LogP contribution in [-0.4, -0.2) is 39.0 Å². The number of pyridine rings is 1. The molecule has 1 aromatic carbocycles. The number of aromatic nitrogens is 2. The molecule has 0 bridgehead atoms. The number of fused-ring (bicyclic) bond motifs is 1. The predicted molar refractivity (Wildman–Crippen MR) is 117 cm³/mol. The first-order valence-corrected chi connectivity index (χ1v) is 11.9. The van der Waals surface area contributed by atoms with E-state index in [0.717, 1.165) is 21.8 Å². The molecule has 2 saturated carbocycles. The fraction of sp³-hybridized carbons (Fsp3) is 0.458. The Morgan fingerprint density at radius 3 is 2.65 bits per heavy atom. The molecule has 2 aliphatic carbocycles. The van der Waals surface area contributed by atoms with Gasteiger partial charge in [0, 0.05) is 36.3 Å². The van der Waals surface area contributed by atoms with Gasteiger partial charge in [-0.1, -0.05) is 23.8 Å². The third kappa shape index (κ3) is 3.26. The van der Waals surface area contributed by atoms with Gasteiger partial charge in [-0.3, -0.25) is 9.69 Å². The minimum atomic E-state index is -0.759. The van der Waals surface area contributed by atoms with E-state index in [1.807, 2.05) is 17.0 Å². The molecule has 1 saturated heterocycles. The second kappa shape index (κ2) is 7.07. The fourth-order valence-electron chi connectivity index (χ4n) is 5.12. The van der Waals surface area contributed by atoms with Gasteiger partial charge in [-0.2, -0.15) is 0 Å². The lowest BCUT2D eigenvalue weighted by Crippen LogP contribution is -2.49. The van der Waals surface area contributed by atoms with E-state index in [9.17, 15) is 9.18 Å². The predicted octanol–water partition coefficient (Wildman–Crippen LogP) is 4.85. The number of hydrogen-bond acceptors (Lipinski definition) is 5. The van der Waals surface area contributed by atoms with E-state index in [1.54, 1.807) is 12.1 Å². The standard InChI is InChI=1S/C24H24FN3O2S/c25-18-10-14(11-28-12-15(13-28)23(29)30)4-5-17(18)21-26-19-6-7-20(27-22(19)31-21)24(8-9-24)16-2-1-3-16/h4-7,10,15-16H,1-3,8-9,11-13H2,(H,29,30). The first-order chi connectivity index (χ1) is 15.0. The zero-order valence-corrected chi connectivity index (χ0v) is 18.0. The Kier molecular flexibility index (Phi) is 4.40. The lowest BCUT2D eigenvalue weighted by atomic mass is 9.72. The smallest absolute Gasteiger partial charge is 0.309 e. The van der Waals surface area contributed by atoms with Gasteiger partial charge < -0.3 is 5.11 Å². The molecule has 0 amide bonds. The van der Waals surface area contributed by atoms with Crippen molar-refractivity contribution in [2.24, 2.45) is 11.8 Å². The summed E-state index contributed by atoms with van der Waals surface area (Å²) < 4.78 is 14.9. The maximum absolute atomic E-state index is 14.9. The highest BCUT2D eigenvalue weighted by molar-refractivity contribution is 7.21. The van der Waals surface area contributed by atoms with Crippen LogP contribution in [0, 0.1) is 17.7 Å². The van der Waals surface area contributed by atoms with Crippen LogP contribution < -0.4 is 0 Å². The maximum atomic E-state index is 14.9. The normalized spacial score (nSPS) is 21.1. The zero-order valence-electron chi connectivity index (χ0n) is 17.2. The van der Waals surface area contributed by atoms with Crippen LogP contribution in [0.5, 0.6) is 0 Å². The maximum Gasteiger partial charge on any atom is 0.309 e. The number of aliphatic carboxylic acids is 1. The van der Waals surface area contributed by atoms with Gasteiger partial charge in [0.2, 0.25) is 0 Å². The molecule has 6 rings (SSSR count). The van der Waals surface area contributed by atoms with E-state index in [0.29, 0.717) is 35.6 Å². The van der Waals surface area contributed by atoms with Gasteiger partial charge in [0.15, 0.2) is 0 Å². The number of benzene rings is 1. The molecule has 1 N–H and O–H groups in total. The third-order valence-electron chi connectivity index (χ3n) is 7.42. The van der Waals surface area contributed by atoms with Crippen molar-refractivity contribution >= 4 is 27.7 Å². The van der Waals surface area contributed by atoms with Gasteiger partial charge in [0.05, 0.1) is 5.92 Å². The molecule has 0 unspecified atom stereocenters. The minimum absolute atomic E-state index is 0.291. The molecule has 31 heavy (non-hydrogen) atoms. The lowest BCUT2D eigenvalue weighted by Gasteiger charge is -2.36. The number of carbonyl (C=O) groups is 1. The van der Waals surface area contributed by atoms with Gasteiger partial charge in [-0.25, -0.2) is 14.4 Å². The van der Waals surface area contributed by atoms with Crippen molar-refractivity contribution in [2.75, 3.05) is 13.1 Å². The van der Waals surface area contributed by atoms with Crippen LogP contribution in [0.1, 0.15) is 43.4 Å². The van der Waals surface area contributed by atoms with Gasteiger partial charge >= 0.3 is 5.97 Å². The number of thiazole rings is 1. The summed E-state index contributed by atoms with van der Waals surface area (Å²) >= 11 is 1.46. The van der Waals surface area contributed by atoms with Crippen LogP contribution in [0.2, 0.25) is 0 Å². The summed E-state index contributed by atoms with van der Waals surface area (Å²) in [6.45, 7) is 1.61. The molecule has 160 valence electrons. The number of nitrogens with zero attached hydrogens (tertiary/aromatic N) is 3. The Morgan fingerprint density at radius 2 is 2.00 bits per heavy atom. The van der Waals surface area contributed by atoms with E-state index in [-0.39, 0.29) is 11.7 Å². The summed E-state index contributed by atoms with van der Waals surface area (Å²) in [4.78, 5) is 23.5. The highest BCUT2D eigenvalue weighted by Crippen LogP contribution is 2.59. The number of hydrogen-bond donors (Lipinski definition) is 1. The molecular formula is C24H24FN3O2S. The van der Waals surface area contributed by atoms with E-state index >= 15 is 0 Å². The topological polar surface area (TPSA) is 66.3 Å². The molecule has 0 spiro atoms. The van der Waals surface area contributed by atoms with Crippen LogP contribution in [-0.2, 0) is 16.8 Å². The first-order valence-electron chi connectivity index (χ1n) is 11.0. The summed E-state index contributed by atoms with van der Waals surface area (Å²) in [5.74, 6) is -0.568. The van der Waals surface area contributed by atoms with Crippen molar-refractivity contribution in [3.63, 3.8) is 0 Å². The van der Waals surface area contributed by atoms with Gasteiger partial charge in [0.25, 0.3) is 0 Å². The van der Waals surface area contributed by atoms with Crippen molar-refractivity contribution in [2.45, 2.75) is 44.1 Å². The SMILES string of the molecule is O=C(O)C1CN(Cc2ccc(-c3nc4ccc(C5(C6CCC6)CC5)nc4s3)c(F)c2)C1. The minimum Gasteiger partial charge on any atom is -0.481 e. The monoisotopic (exact) mass is 437 g/mol. The van der Waals surface area contributed by atoms with Crippen molar-refractivity contribution in [3.8, 4) is 10.6 Å². The highest BCUT2D eigenvalue weighted by atomic mass is 32.1. The molecule has 2 aromatic heterocycles. The molecule has 7 heteroatoms. The number of carboxylic acids is 1. The Bertz CT molecular complexity index is 1180. The molecule has 0 atom stereocenters. The number of halogens is 1. The molecule has 3 aliphatic rings. The van der Waals surface area contributed by atoms with Crippen LogP contribution >= 0.6 is 11.3 Å². The van der Waals surface area contributed by atoms with Crippen LogP contribution in [0.25, 0.3) is 20.9 Å². The van der Waals surface area contributed by atoms with E-state index < -0.39 is 5.97 Å². The number of carboxylic acid groups (broad SMARTS) is 1. The third-order valence-corrected chi connectivity index (χ3v) is 8.42. The first kappa shape index (κ1) is 19.3. The summed E-state index contributed by atoms with van der Waals surface area (Å²) in [5.41, 5.74) is 3.67. The Labute approximate surface area is 183 Å². The van der Waals surface area contributed by atoms with Crippen LogP contribution in [0.4, 0.5) is 4.39 Å². The molecule has 3 fully saturated rings. The largest absolute Gasteiger partial charge is 0.481 e. The zero-order chi connectivity index (χ0) is 21.2. The molecule has 5 nitrogen and oxygen atoms in total. The lowest BCUT2D eigenvalue weighted by molar-refractivity contribution is -0.147. The quantitative estimate of drug-likeness (QED) is 0.597. The van der Waals surface area contributed by atoms with Crippen molar-refractivity contribution in [3.05, 3.63) is 47.4 Å². The van der Waals surface area contributed by atoms with Gasteiger partial charge in [0.1, 0.15) is 21.2 Å². The molecular weight excluding hydrogens is 413 g/mol. The second-order valence-corrected chi connectivity index (χ2v) is 10.3. The van der Waals surface area contributed by atoms with Gasteiger partial charge in [-0.05, 0) is 61.4 Å². The second-order valence-electron chi connectivity index (χ2n) is 9.37. The molecule has 3 aromatic rings. The van der Waals surface area contributed by atoms with Crippen molar-refractivity contribution < 1.29 is 14.3 Å². The number of likely N-dealkylation sites (tertiary alicyclic amines) is 1. The summed E-state index contributed by atoms with van der Waals surface area (Å²) in [6.07, 6.45) is 6.45. The summed E-state index contributed by atoms with van der Waals surface area (Å²) in [6, 6.07) is 9.42. The van der Waals surface area contributed by atoms with E-state index in [1.165, 1.54) is 49.1 Å². The number of rotatable bonds is 6. The average Bonchev–Trinajstić information content (AvgIpc) is 3.33. The van der Waals surface area contributed by atoms with E-state index in [4.69, 9.17) is 10.1 Å². The molecule has 1 aliphatic heterocycles. The Morgan fingerprint density at radius 1 is 1.19 bits per heavy atom. The van der Waals surface area contributed by atoms with Crippen LogP contribution in [0.15, 0.2) is 30.3 Å². The van der Waals surface area contributed by atoms with E-state index in [2.05, 4.69) is 11.1 Å². The highest BCUT2D eigenvalue weighted by Gasteiger charge is 2.53. The fourth-order valence-corrected chi connectivity index (χ4v) is 6.09. The van der Waals surface area contributed by atoms with Crippen molar-refractivity contribution in [1.29, 1.82) is 0 Å². The molecule has 0 radical (unpaired) electrons. The van der Waals surface area contributed by atoms with Crippen molar-refractivity contribution in [1.82, 2.24) is 14.9 Å².